The summed E-state index contributed by atoms with van der Waals surface area (Å²) in [6, 6.07) is 0.943. The minimum atomic E-state index is -0.292. The van der Waals surface area contributed by atoms with Gasteiger partial charge >= 0.3 is 0 Å². The number of carbonyl (C=O) groups excluding carboxylic acids is 3. The van der Waals surface area contributed by atoms with E-state index in [9.17, 15) is 14.4 Å². The molecule has 6 unspecified atom stereocenters. The van der Waals surface area contributed by atoms with Crippen LogP contribution in [0.3, 0.4) is 0 Å². The van der Waals surface area contributed by atoms with E-state index in [1.54, 1.807) is 0 Å². The number of imide groups is 1. The van der Waals surface area contributed by atoms with Crippen LogP contribution >= 0.6 is 12.4 Å². The van der Waals surface area contributed by atoms with Gasteiger partial charge in [0, 0.05) is 38.1 Å². The van der Waals surface area contributed by atoms with Gasteiger partial charge in [0.1, 0.15) is 0 Å². The van der Waals surface area contributed by atoms with Crippen molar-refractivity contribution >= 4 is 30.1 Å². The molecule has 4 bridgehead atoms. The fraction of sp³-hybridized carbons (Fsp3) is 0.833. The van der Waals surface area contributed by atoms with Gasteiger partial charge in [-0.15, -0.1) is 12.4 Å². The lowest BCUT2D eigenvalue weighted by atomic mass is 9.81. The summed E-state index contributed by atoms with van der Waals surface area (Å²) < 4.78 is 5.74. The molecule has 6 atom stereocenters. The van der Waals surface area contributed by atoms with Crippen LogP contribution in [0.2, 0.25) is 0 Å². The molecule has 144 valence electrons. The molecule has 5 aliphatic heterocycles. The Morgan fingerprint density at radius 3 is 2.35 bits per heavy atom. The molecule has 8 heteroatoms. The van der Waals surface area contributed by atoms with E-state index in [-0.39, 0.29) is 67.1 Å². The third kappa shape index (κ3) is 2.75. The van der Waals surface area contributed by atoms with Crippen molar-refractivity contribution in [2.75, 3.05) is 19.6 Å². The van der Waals surface area contributed by atoms with E-state index in [1.807, 2.05) is 4.90 Å². The number of hydrogen-bond acceptors (Lipinski definition) is 5. The predicted octanol–water partition coefficient (Wildman–Crippen LogP) is 0.314. The Morgan fingerprint density at radius 1 is 1.00 bits per heavy atom. The van der Waals surface area contributed by atoms with Crippen LogP contribution < -0.4 is 5.32 Å². The summed E-state index contributed by atoms with van der Waals surface area (Å²) in [5.41, 5.74) is 0. The van der Waals surface area contributed by atoms with Crippen LogP contribution in [0.15, 0.2) is 0 Å². The first kappa shape index (κ1) is 18.2. The maximum atomic E-state index is 12.6. The van der Waals surface area contributed by atoms with Gasteiger partial charge in [-0.2, -0.15) is 0 Å². The maximum absolute atomic E-state index is 12.6. The lowest BCUT2D eigenvalue weighted by molar-refractivity contribution is -0.143. The first-order chi connectivity index (χ1) is 12.1. The predicted molar refractivity (Wildman–Crippen MR) is 94.6 cm³/mol. The van der Waals surface area contributed by atoms with Gasteiger partial charge in [0.05, 0.1) is 24.0 Å². The third-order valence-corrected chi connectivity index (χ3v) is 6.80. The van der Waals surface area contributed by atoms with E-state index in [0.717, 1.165) is 38.8 Å². The molecular weight excluding hydrogens is 358 g/mol. The highest BCUT2D eigenvalue weighted by molar-refractivity contribution is 6.06. The third-order valence-electron chi connectivity index (χ3n) is 6.80. The van der Waals surface area contributed by atoms with Crippen LogP contribution in [0.1, 0.15) is 38.5 Å². The second-order valence-corrected chi connectivity index (χ2v) is 8.19. The van der Waals surface area contributed by atoms with Gasteiger partial charge in [-0.05, 0) is 32.1 Å². The van der Waals surface area contributed by atoms with Crippen LogP contribution in [0.4, 0.5) is 0 Å². The summed E-state index contributed by atoms with van der Waals surface area (Å²) in [4.78, 5) is 41.1. The molecule has 7 nitrogen and oxygen atoms in total. The molecule has 5 heterocycles. The lowest BCUT2D eigenvalue weighted by Crippen LogP contribution is -2.41. The Balaban J connectivity index is 0.00000168. The highest BCUT2D eigenvalue weighted by Gasteiger charge is 2.62. The molecule has 5 saturated heterocycles. The monoisotopic (exact) mass is 383 g/mol. The summed E-state index contributed by atoms with van der Waals surface area (Å²) in [5, 5.41) is 3.57. The number of nitrogens with one attached hydrogen (secondary N) is 1. The number of ether oxygens (including phenoxy) is 1. The molecule has 5 rings (SSSR count). The van der Waals surface area contributed by atoms with E-state index in [0.29, 0.717) is 12.1 Å². The molecule has 5 fully saturated rings. The van der Waals surface area contributed by atoms with Crippen molar-refractivity contribution in [3.63, 3.8) is 0 Å². The summed E-state index contributed by atoms with van der Waals surface area (Å²) in [5.74, 6) is -0.761. The standard InChI is InChI=1S/C18H25N3O4.ClH/c22-14(20-7-5-10-1-2-11(9-20)19-10)6-8-21-17(23)15-12-3-4-13(25-12)16(15)18(21)24;/h10-13,15-16,19H,1-9H2;1H. The SMILES string of the molecule is Cl.O=C(CCN1C(=O)C2C3CCC(O3)C2C1=O)N1CCC2CCC(C1)N2. The Morgan fingerprint density at radius 2 is 1.65 bits per heavy atom. The number of fused-ring (bicyclic) bond motifs is 7. The molecule has 0 spiro atoms. The zero-order chi connectivity index (χ0) is 17.1. The van der Waals surface area contributed by atoms with Crippen molar-refractivity contribution in [1.82, 2.24) is 15.1 Å². The maximum Gasteiger partial charge on any atom is 0.235 e. The molecule has 0 aromatic rings. The fourth-order valence-electron chi connectivity index (χ4n) is 5.53. The summed E-state index contributed by atoms with van der Waals surface area (Å²) in [6.45, 7) is 1.75. The second-order valence-electron chi connectivity index (χ2n) is 8.19. The van der Waals surface area contributed by atoms with Crippen LogP contribution in [-0.2, 0) is 19.1 Å². The Bertz CT molecular complexity index is 602. The fourth-order valence-corrected chi connectivity index (χ4v) is 5.53. The van der Waals surface area contributed by atoms with Crippen molar-refractivity contribution in [1.29, 1.82) is 0 Å². The zero-order valence-corrected chi connectivity index (χ0v) is 15.6. The molecular formula is C18H26ClN3O4. The molecule has 5 aliphatic rings. The normalized spacial score (nSPS) is 40.6. The van der Waals surface area contributed by atoms with Crippen LogP contribution in [0.25, 0.3) is 0 Å². The first-order valence-electron chi connectivity index (χ1n) is 9.66. The van der Waals surface area contributed by atoms with E-state index < -0.39 is 0 Å². The minimum absolute atomic E-state index is 0. The average molecular weight is 384 g/mol. The first-order valence-corrected chi connectivity index (χ1v) is 9.66. The Kier molecular flexibility index (Phi) is 4.73. The van der Waals surface area contributed by atoms with Crippen molar-refractivity contribution in [2.24, 2.45) is 11.8 Å². The second kappa shape index (κ2) is 6.77. The average Bonchev–Trinajstić information content (AvgIpc) is 3.31. The van der Waals surface area contributed by atoms with Crippen LogP contribution in [0, 0.1) is 11.8 Å². The quantitative estimate of drug-likeness (QED) is 0.710. The summed E-state index contributed by atoms with van der Waals surface area (Å²) >= 11 is 0. The summed E-state index contributed by atoms with van der Waals surface area (Å²) in [6.07, 6.45) is 5.15. The number of halogens is 1. The lowest BCUT2D eigenvalue weighted by Gasteiger charge is -2.25. The molecule has 0 aromatic heterocycles. The summed E-state index contributed by atoms with van der Waals surface area (Å²) in [7, 11) is 0. The molecule has 3 amide bonds. The smallest absolute Gasteiger partial charge is 0.235 e. The number of nitrogens with zero attached hydrogens (tertiary/aromatic N) is 2. The molecule has 0 radical (unpaired) electrons. The number of amides is 3. The highest BCUT2D eigenvalue weighted by atomic mass is 35.5. The van der Waals surface area contributed by atoms with Crippen LogP contribution in [0.5, 0.6) is 0 Å². The Hall–Kier alpha value is -1.18. The topological polar surface area (TPSA) is 79.0 Å². The van der Waals surface area contributed by atoms with Crippen molar-refractivity contribution in [3.05, 3.63) is 0 Å². The molecule has 0 aromatic carbocycles. The number of rotatable bonds is 3. The number of carbonyl (C=O) groups is 3. The van der Waals surface area contributed by atoms with Gasteiger partial charge in [0.15, 0.2) is 0 Å². The van der Waals surface area contributed by atoms with Crippen molar-refractivity contribution < 1.29 is 19.1 Å². The van der Waals surface area contributed by atoms with Gasteiger partial charge in [0.25, 0.3) is 0 Å². The number of hydrogen-bond donors (Lipinski definition) is 1. The van der Waals surface area contributed by atoms with E-state index in [4.69, 9.17) is 4.74 Å². The minimum Gasteiger partial charge on any atom is -0.373 e. The van der Waals surface area contributed by atoms with Crippen LogP contribution in [-0.4, -0.2) is 71.4 Å². The van der Waals surface area contributed by atoms with Gasteiger partial charge in [0.2, 0.25) is 17.7 Å². The van der Waals surface area contributed by atoms with Gasteiger partial charge in [-0.1, -0.05) is 0 Å². The molecule has 1 N–H and O–H groups in total. The van der Waals surface area contributed by atoms with Gasteiger partial charge < -0.3 is 15.0 Å². The molecule has 0 saturated carbocycles. The Labute approximate surface area is 159 Å². The van der Waals surface area contributed by atoms with E-state index in [2.05, 4.69) is 5.32 Å². The van der Waals surface area contributed by atoms with Crippen molar-refractivity contribution in [2.45, 2.75) is 62.8 Å². The molecule has 0 aliphatic carbocycles. The van der Waals surface area contributed by atoms with Gasteiger partial charge in [-0.25, -0.2) is 0 Å². The van der Waals surface area contributed by atoms with E-state index in [1.165, 1.54) is 11.3 Å². The molecule has 26 heavy (non-hydrogen) atoms. The van der Waals surface area contributed by atoms with Gasteiger partial charge in [-0.3, -0.25) is 19.3 Å². The zero-order valence-electron chi connectivity index (χ0n) is 14.8. The number of likely N-dealkylation sites (tertiary alicyclic amines) is 2. The highest BCUT2D eigenvalue weighted by Crippen LogP contribution is 2.48. The van der Waals surface area contributed by atoms with E-state index >= 15 is 0 Å². The van der Waals surface area contributed by atoms with Crippen molar-refractivity contribution in [3.8, 4) is 0 Å². The largest absolute Gasteiger partial charge is 0.373 e.